The molecule has 3 aromatic rings. The molecule has 0 atom stereocenters. The Balaban J connectivity index is 1.77. The lowest BCUT2D eigenvalue weighted by atomic mass is 10.2. The summed E-state index contributed by atoms with van der Waals surface area (Å²) in [5, 5.41) is 14.8. The molecule has 0 saturated carbocycles. The second kappa shape index (κ2) is 6.50. The summed E-state index contributed by atoms with van der Waals surface area (Å²) >= 11 is 1.48. The van der Waals surface area contributed by atoms with E-state index >= 15 is 0 Å². The first-order valence-electron chi connectivity index (χ1n) is 6.86. The van der Waals surface area contributed by atoms with Gasteiger partial charge in [0, 0.05) is 16.6 Å². The van der Waals surface area contributed by atoms with Gasteiger partial charge in [0.25, 0.3) is 0 Å². The number of hydrogen-bond acceptors (Lipinski definition) is 5. The van der Waals surface area contributed by atoms with Crippen LogP contribution in [0.2, 0.25) is 0 Å². The third-order valence-electron chi connectivity index (χ3n) is 3.25. The van der Waals surface area contributed by atoms with Crippen LogP contribution in [0.5, 0.6) is 5.75 Å². The van der Waals surface area contributed by atoms with E-state index in [-0.39, 0.29) is 5.56 Å². The van der Waals surface area contributed by atoms with E-state index in [2.05, 4.69) is 10.3 Å². The lowest BCUT2D eigenvalue weighted by molar-refractivity contribution is 0.0697. The van der Waals surface area contributed by atoms with Crippen molar-refractivity contribution in [3.8, 4) is 17.0 Å². The van der Waals surface area contributed by atoms with Crippen LogP contribution in [-0.4, -0.2) is 23.2 Å². The van der Waals surface area contributed by atoms with E-state index in [0.29, 0.717) is 0 Å². The highest BCUT2D eigenvalue weighted by atomic mass is 32.1. The van der Waals surface area contributed by atoms with E-state index < -0.39 is 5.97 Å². The van der Waals surface area contributed by atoms with Crippen molar-refractivity contribution in [2.45, 2.75) is 0 Å². The van der Waals surface area contributed by atoms with E-state index in [9.17, 15) is 4.79 Å². The summed E-state index contributed by atoms with van der Waals surface area (Å²) in [4.78, 5) is 15.4. The number of methoxy groups -OCH3 is 1. The molecule has 2 N–H and O–H groups in total. The first kappa shape index (κ1) is 15.1. The molecule has 0 unspecified atom stereocenters. The van der Waals surface area contributed by atoms with Crippen molar-refractivity contribution in [2.24, 2.45) is 0 Å². The van der Waals surface area contributed by atoms with E-state index in [4.69, 9.17) is 9.84 Å². The Labute approximate surface area is 137 Å². The van der Waals surface area contributed by atoms with Crippen LogP contribution in [0, 0.1) is 0 Å². The fraction of sp³-hybridized carbons (Fsp3) is 0.0588. The van der Waals surface area contributed by atoms with Crippen molar-refractivity contribution in [1.82, 2.24) is 4.98 Å². The number of thiazole rings is 1. The summed E-state index contributed by atoms with van der Waals surface area (Å²) in [7, 11) is 1.63. The Morgan fingerprint density at radius 2 is 2.00 bits per heavy atom. The average molecular weight is 326 g/mol. The maximum Gasteiger partial charge on any atom is 0.335 e. The molecule has 116 valence electrons. The number of aromatic nitrogens is 1. The Hall–Kier alpha value is -2.86. The molecule has 1 aromatic heterocycles. The normalized spacial score (nSPS) is 10.3. The van der Waals surface area contributed by atoms with Crippen LogP contribution >= 0.6 is 11.3 Å². The second-order valence-electron chi connectivity index (χ2n) is 4.78. The smallest absolute Gasteiger partial charge is 0.335 e. The van der Waals surface area contributed by atoms with Crippen LogP contribution in [-0.2, 0) is 0 Å². The fourth-order valence-electron chi connectivity index (χ4n) is 2.07. The van der Waals surface area contributed by atoms with Crippen LogP contribution in [0.4, 0.5) is 10.8 Å². The molecule has 6 heteroatoms. The number of carboxylic acids is 1. The van der Waals surface area contributed by atoms with Crippen molar-refractivity contribution < 1.29 is 14.6 Å². The van der Waals surface area contributed by atoms with Gasteiger partial charge in [0.1, 0.15) is 5.75 Å². The monoisotopic (exact) mass is 326 g/mol. The van der Waals surface area contributed by atoms with Gasteiger partial charge in [-0.2, -0.15) is 0 Å². The maximum absolute atomic E-state index is 10.8. The molecule has 0 fully saturated rings. The molecular formula is C17H14N2O3S. The van der Waals surface area contributed by atoms with Crippen molar-refractivity contribution in [3.63, 3.8) is 0 Å². The van der Waals surface area contributed by atoms with E-state index in [0.717, 1.165) is 27.8 Å². The molecule has 0 aliphatic carbocycles. The standard InChI is InChI=1S/C17H14N2O3S/c1-22-14-4-2-3-12(9-14)15-10-23-17(19-15)18-13-7-5-11(6-8-13)16(20)21/h2-10H,1H3,(H,18,19)(H,20,21). The number of anilines is 2. The summed E-state index contributed by atoms with van der Waals surface area (Å²) in [6, 6.07) is 14.3. The summed E-state index contributed by atoms with van der Waals surface area (Å²) in [5.74, 6) is -0.152. The summed E-state index contributed by atoms with van der Waals surface area (Å²) in [6.07, 6.45) is 0. The first-order valence-corrected chi connectivity index (χ1v) is 7.74. The number of nitrogens with zero attached hydrogens (tertiary/aromatic N) is 1. The Kier molecular flexibility index (Phi) is 4.25. The van der Waals surface area contributed by atoms with Crippen molar-refractivity contribution >= 4 is 28.1 Å². The lowest BCUT2D eigenvalue weighted by Gasteiger charge is -2.03. The zero-order valence-electron chi connectivity index (χ0n) is 12.3. The summed E-state index contributed by atoms with van der Waals surface area (Å²) in [5.41, 5.74) is 2.89. The average Bonchev–Trinajstić information content (AvgIpc) is 3.04. The van der Waals surface area contributed by atoms with Gasteiger partial charge in [-0.25, -0.2) is 9.78 Å². The number of carbonyl (C=O) groups is 1. The molecular weight excluding hydrogens is 312 g/mol. The molecule has 0 bridgehead atoms. The second-order valence-corrected chi connectivity index (χ2v) is 5.64. The van der Waals surface area contributed by atoms with Gasteiger partial charge in [-0.1, -0.05) is 12.1 Å². The zero-order valence-corrected chi connectivity index (χ0v) is 13.1. The number of nitrogens with one attached hydrogen (secondary N) is 1. The molecule has 23 heavy (non-hydrogen) atoms. The van der Waals surface area contributed by atoms with Crippen molar-refractivity contribution in [1.29, 1.82) is 0 Å². The van der Waals surface area contributed by atoms with Crippen molar-refractivity contribution in [2.75, 3.05) is 12.4 Å². The van der Waals surface area contributed by atoms with E-state index in [1.54, 1.807) is 31.4 Å². The minimum atomic E-state index is -0.939. The summed E-state index contributed by atoms with van der Waals surface area (Å²) in [6.45, 7) is 0. The van der Waals surface area contributed by atoms with Crippen LogP contribution < -0.4 is 10.1 Å². The van der Waals surface area contributed by atoms with Gasteiger partial charge in [0.05, 0.1) is 18.4 Å². The quantitative estimate of drug-likeness (QED) is 0.733. The topological polar surface area (TPSA) is 71.5 Å². The van der Waals surface area contributed by atoms with E-state index in [1.807, 2.05) is 29.6 Å². The van der Waals surface area contributed by atoms with Crippen LogP contribution in [0.1, 0.15) is 10.4 Å². The predicted molar refractivity (Wildman–Crippen MR) is 90.8 cm³/mol. The number of hydrogen-bond donors (Lipinski definition) is 2. The Morgan fingerprint density at radius 1 is 1.22 bits per heavy atom. The number of carboxylic acid groups (broad SMARTS) is 1. The number of rotatable bonds is 5. The Morgan fingerprint density at radius 3 is 2.70 bits per heavy atom. The zero-order chi connectivity index (χ0) is 16.2. The SMILES string of the molecule is COc1cccc(-c2csc(Nc3ccc(C(=O)O)cc3)n2)c1. The van der Waals surface area contributed by atoms with Crippen molar-refractivity contribution in [3.05, 3.63) is 59.5 Å². The molecule has 5 nitrogen and oxygen atoms in total. The van der Waals surface area contributed by atoms with Gasteiger partial charge in [-0.3, -0.25) is 0 Å². The first-order chi connectivity index (χ1) is 11.2. The van der Waals surface area contributed by atoms with Gasteiger partial charge in [-0.15, -0.1) is 11.3 Å². The highest BCUT2D eigenvalue weighted by Gasteiger charge is 2.07. The van der Waals surface area contributed by atoms with Crippen LogP contribution in [0.3, 0.4) is 0 Å². The minimum absolute atomic E-state index is 0.256. The third kappa shape index (κ3) is 3.49. The molecule has 0 spiro atoms. The van der Waals surface area contributed by atoms with Crippen LogP contribution in [0.15, 0.2) is 53.9 Å². The maximum atomic E-state index is 10.8. The Bertz CT molecular complexity index is 828. The van der Waals surface area contributed by atoms with Gasteiger partial charge < -0.3 is 15.2 Å². The number of aromatic carboxylic acids is 1. The minimum Gasteiger partial charge on any atom is -0.497 e. The molecule has 0 aliphatic rings. The molecule has 0 radical (unpaired) electrons. The van der Waals surface area contributed by atoms with Gasteiger partial charge in [0.2, 0.25) is 0 Å². The molecule has 0 amide bonds. The van der Waals surface area contributed by atoms with E-state index in [1.165, 1.54) is 11.3 Å². The van der Waals surface area contributed by atoms with Gasteiger partial charge >= 0.3 is 5.97 Å². The summed E-state index contributed by atoms with van der Waals surface area (Å²) < 4.78 is 5.22. The highest BCUT2D eigenvalue weighted by Crippen LogP contribution is 2.29. The number of ether oxygens (including phenoxy) is 1. The third-order valence-corrected chi connectivity index (χ3v) is 4.01. The lowest BCUT2D eigenvalue weighted by Crippen LogP contribution is -1.96. The largest absolute Gasteiger partial charge is 0.497 e. The fourth-order valence-corrected chi connectivity index (χ4v) is 2.81. The predicted octanol–water partition coefficient (Wildman–Crippen LogP) is 4.26. The van der Waals surface area contributed by atoms with Crippen LogP contribution in [0.25, 0.3) is 11.3 Å². The van der Waals surface area contributed by atoms with Gasteiger partial charge in [0.15, 0.2) is 5.13 Å². The molecule has 2 aromatic carbocycles. The number of benzene rings is 2. The van der Waals surface area contributed by atoms with Gasteiger partial charge in [-0.05, 0) is 36.4 Å². The highest BCUT2D eigenvalue weighted by molar-refractivity contribution is 7.14. The molecule has 0 saturated heterocycles. The molecule has 0 aliphatic heterocycles. The molecule has 3 rings (SSSR count). The molecule has 1 heterocycles.